The highest BCUT2D eigenvalue weighted by Gasteiger charge is 2.16. The number of aliphatic hydroxyl groups is 1. The van der Waals surface area contributed by atoms with Gasteiger partial charge in [-0.2, -0.15) is 4.98 Å². The molecule has 0 bridgehead atoms. The number of nitrogen functional groups attached to an aromatic ring is 1. The van der Waals surface area contributed by atoms with Crippen LogP contribution in [0.4, 0.5) is 11.8 Å². The molecule has 1 atom stereocenters. The monoisotopic (exact) mass is 224 g/mol. The van der Waals surface area contributed by atoms with E-state index >= 15 is 0 Å². The van der Waals surface area contributed by atoms with Crippen molar-refractivity contribution in [2.45, 2.75) is 33.3 Å². The summed E-state index contributed by atoms with van der Waals surface area (Å²) < 4.78 is 0. The van der Waals surface area contributed by atoms with Crippen LogP contribution in [-0.4, -0.2) is 27.7 Å². The maximum atomic E-state index is 9.77. The molecule has 90 valence electrons. The van der Waals surface area contributed by atoms with Crippen molar-refractivity contribution >= 4 is 11.8 Å². The first-order chi connectivity index (χ1) is 7.37. The molecule has 0 saturated heterocycles. The highest BCUT2D eigenvalue weighted by atomic mass is 16.3. The maximum Gasteiger partial charge on any atom is 0.224 e. The molecule has 5 heteroatoms. The van der Waals surface area contributed by atoms with E-state index in [0.717, 1.165) is 6.42 Å². The molecule has 5 nitrogen and oxygen atoms in total. The molecule has 1 aromatic heterocycles. The molecular weight excluding hydrogens is 204 g/mol. The summed E-state index contributed by atoms with van der Waals surface area (Å²) in [5, 5.41) is 12.7. The van der Waals surface area contributed by atoms with Crippen LogP contribution in [-0.2, 0) is 0 Å². The molecule has 0 radical (unpaired) electrons. The second-order valence-corrected chi connectivity index (χ2v) is 5.10. The van der Waals surface area contributed by atoms with Crippen LogP contribution in [0.1, 0.15) is 27.2 Å². The molecule has 0 aromatic carbocycles. The van der Waals surface area contributed by atoms with Gasteiger partial charge >= 0.3 is 0 Å². The van der Waals surface area contributed by atoms with Crippen LogP contribution in [0.2, 0.25) is 0 Å². The minimum Gasteiger partial charge on any atom is -0.391 e. The van der Waals surface area contributed by atoms with Crippen LogP contribution in [0.15, 0.2) is 12.3 Å². The first-order valence-corrected chi connectivity index (χ1v) is 5.37. The Bertz CT molecular complexity index is 335. The fraction of sp³-hybridized carbons (Fsp3) is 0.636. The minimum atomic E-state index is -0.412. The summed E-state index contributed by atoms with van der Waals surface area (Å²) in [4.78, 5) is 7.98. The lowest BCUT2D eigenvalue weighted by Gasteiger charge is -2.22. The fourth-order valence-electron chi connectivity index (χ4n) is 1.45. The van der Waals surface area contributed by atoms with Crippen molar-refractivity contribution in [2.24, 2.45) is 5.41 Å². The third-order valence-electron chi connectivity index (χ3n) is 2.02. The van der Waals surface area contributed by atoms with Crippen LogP contribution in [0, 0.1) is 5.41 Å². The molecule has 4 N–H and O–H groups in total. The predicted octanol–water partition coefficient (Wildman–Crippen LogP) is 1.27. The number of anilines is 2. The number of nitrogens with zero attached hydrogens (tertiary/aromatic N) is 2. The molecule has 1 rings (SSSR count). The molecule has 1 heterocycles. The van der Waals surface area contributed by atoms with E-state index in [-0.39, 0.29) is 5.41 Å². The van der Waals surface area contributed by atoms with Gasteiger partial charge in [0.1, 0.15) is 5.82 Å². The Kier molecular flexibility index (Phi) is 4.06. The van der Waals surface area contributed by atoms with Crippen molar-refractivity contribution in [3.63, 3.8) is 0 Å². The molecule has 16 heavy (non-hydrogen) atoms. The van der Waals surface area contributed by atoms with Crippen molar-refractivity contribution in [3.05, 3.63) is 12.3 Å². The second-order valence-electron chi connectivity index (χ2n) is 5.10. The van der Waals surface area contributed by atoms with Crippen molar-refractivity contribution in [2.75, 3.05) is 17.6 Å². The topological polar surface area (TPSA) is 84.1 Å². The first-order valence-electron chi connectivity index (χ1n) is 5.37. The Balaban J connectivity index is 2.40. The van der Waals surface area contributed by atoms with Gasteiger partial charge in [-0.1, -0.05) is 20.8 Å². The summed E-state index contributed by atoms with van der Waals surface area (Å²) in [5.41, 5.74) is 5.62. The van der Waals surface area contributed by atoms with E-state index in [4.69, 9.17) is 5.73 Å². The lowest BCUT2D eigenvalue weighted by atomic mass is 9.89. The number of nitrogens with two attached hydrogens (primary N) is 1. The van der Waals surface area contributed by atoms with E-state index in [9.17, 15) is 5.11 Å². The first kappa shape index (κ1) is 12.7. The fourth-order valence-corrected chi connectivity index (χ4v) is 1.45. The summed E-state index contributed by atoms with van der Waals surface area (Å²) in [7, 11) is 0. The maximum absolute atomic E-state index is 9.77. The van der Waals surface area contributed by atoms with Gasteiger partial charge < -0.3 is 16.2 Å². The summed E-state index contributed by atoms with van der Waals surface area (Å²) in [5.74, 6) is 0.871. The van der Waals surface area contributed by atoms with Crippen molar-refractivity contribution in [1.29, 1.82) is 0 Å². The molecule has 0 aliphatic rings. The summed E-state index contributed by atoms with van der Waals surface area (Å²) >= 11 is 0. The van der Waals surface area contributed by atoms with E-state index in [0.29, 0.717) is 18.3 Å². The molecular formula is C11H20N4O. The van der Waals surface area contributed by atoms with Crippen LogP contribution in [0.25, 0.3) is 0 Å². The largest absolute Gasteiger partial charge is 0.391 e. The number of nitrogens with one attached hydrogen (secondary N) is 1. The summed E-state index contributed by atoms with van der Waals surface area (Å²) in [6.07, 6.45) is 1.90. The van der Waals surface area contributed by atoms with E-state index < -0.39 is 6.10 Å². The smallest absolute Gasteiger partial charge is 0.224 e. The Morgan fingerprint density at radius 3 is 2.75 bits per heavy atom. The number of hydrogen-bond donors (Lipinski definition) is 3. The van der Waals surface area contributed by atoms with Crippen molar-refractivity contribution in [3.8, 4) is 0 Å². The van der Waals surface area contributed by atoms with Crippen LogP contribution < -0.4 is 11.1 Å². The lowest BCUT2D eigenvalue weighted by molar-refractivity contribution is 0.132. The zero-order valence-corrected chi connectivity index (χ0v) is 10.1. The van der Waals surface area contributed by atoms with Gasteiger partial charge in [-0.05, 0) is 17.9 Å². The zero-order chi connectivity index (χ0) is 12.2. The zero-order valence-electron chi connectivity index (χ0n) is 10.1. The van der Waals surface area contributed by atoms with Gasteiger partial charge in [0.2, 0.25) is 5.95 Å². The van der Waals surface area contributed by atoms with Crippen LogP contribution in [0.3, 0.4) is 0 Å². The van der Waals surface area contributed by atoms with Gasteiger partial charge in [-0.15, -0.1) is 0 Å². The number of aromatic nitrogens is 2. The highest BCUT2D eigenvalue weighted by Crippen LogP contribution is 2.20. The number of hydrogen-bond acceptors (Lipinski definition) is 5. The predicted molar refractivity (Wildman–Crippen MR) is 65.0 cm³/mol. The van der Waals surface area contributed by atoms with Crippen LogP contribution in [0.5, 0.6) is 0 Å². The van der Waals surface area contributed by atoms with Gasteiger partial charge in [0.25, 0.3) is 0 Å². The third kappa shape index (κ3) is 4.93. The Labute approximate surface area is 96.1 Å². The van der Waals surface area contributed by atoms with Gasteiger partial charge in [-0.3, -0.25) is 0 Å². The second kappa shape index (κ2) is 5.12. The number of rotatable bonds is 4. The number of aliphatic hydroxyl groups excluding tert-OH is 1. The average Bonchev–Trinajstić information content (AvgIpc) is 2.12. The van der Waals surface area contributed by atoms with Gasteiger partial charge in [-0.25, -0.2) is 4.98 Å². The standard InChI is InChI=1S/C11H20N4O/c1-11(2,3)6-8(16)7-14-10-13-5-4-9(12)15-10/h4-5,8,16H,6-7H2,1-3H3,(H3,12,13,14,15). The van der Waals surface area contributed by atoms with Crippen molar-refractivity contribution in [1.82, 2.24) is 9.97 Å². The molecule has 0 aliphatic heterocycles. The Morgan fingerprint density at radius 1 is 1.50 bits per heavy atom. The van der Waals surface area contributed by atoms with Gasteiger partial charge in [0, 0.05) is 12.7 Å². The average molecular weight is 224 g/mol. The molecule has 0 amide bonds. The third-order valence-corrected chi connectivity index (χ3v) is 2.02. The highest BCUT2D eigenvalue weighted by molar-refractivity contribution is 5.34. The van der Waals surface area contributed by atoms with E-state index in [1.807, 2.05) is 0 Å². The lowest BCUT2D eigenvalue weighted by Crippen LogP contribution is -2.25. The van der Waals surface area contributed by atoms with E-state index in [2.05, 4.69) is 36.1 Å². The quantitative estimate of drug-likeness (QED) is 0.717. The Hall–Kier alpha value is -1.36. The molecule has 1 aromatic rings. The van der Waals surface area contributed by atoms with Crippen molar-refractivity contribution < 1.29 is 5.11 Å². The normalized spacial score (nSPS) is 13.5. The summed E-state index contributed by atoms with van der Waals surface area (Å²) in [6, 6.07) is 1.62. The van der Waals surface area contributed by atoms with Gasteiger partial charge in [0.15, 0.2) is 0 Å². The summed E-state index contributed by atoms with van der Waals surface area (Å²) in [6.45, 7) is 6.70. The molecule has 0 fully saturated rings. The van der Waals surface area contributed by atoms with Gasteiger partial charge in [0.05, 0.1) is 6.10 Å². The SMILES string of the molecule is CC(C)(C)CC(O)CNc1nccc(N)n1. The van der Waals surface area contributed by atoms with E-state index in [1.165, 1.54) is 0 Å². The molecule has 0 aliphatic carbocycles. The molecule has 0 saturated carbocycles. The van der Waals surface area contributed by atoms with Crippen LogP contribution >= 0.6 is 0 Å². The Morgan fingerprint density at radius 2 is 2.19 bits per heavy atom. The van der Waals surface area contributed by atoms with E-state index in [1.54, 1.807) is 12.3 Å². The molecule has 0 spiro atoms. The minimum absolute atomic E-state index is 0.109. The molecule has 1 unspecified atom stereocenters.